The molecule has 1 N–H and O–H groups in total. The molecule has 2 heterocycles. The number of nitrogens with zero attached hydrogens (tertiary/aromatic N) is 4. The van der Waals surface area contributed by atoms with Crippen LogP contribution in [0.2, 0.25) is 0 Å². The predicted molar refractivity (Wildman–Crippen MR) is 68.0 cm³/mol. The zero-order chi connectivity index (χ0) is 13.2. The lowest BCUT2D eigenvalue weighted by atomic mass is 10.0. The van der Waals surface area contributed by atoms with E-state index in [1.54, 1.807) is 0 Å². The molecule has 0 radical (unpaired) electrons. The van der Waals surface area contributed by atoms with Gasteiger partial charge in [0.1, 0.15) is 0 Å². The molecule has 0 amide bonds. The van der Waals surface area contributed by atoms with Crippen LogP contribution < -0.4 is 5.32 Å². The van der Waals surface area contributed by atoms with Crippen LogP contribution in [0.3, 0.4) is 0 Å². The van der Waals surface area contributed by atoms with E-state index in [2.05, 4.69) is 48.5 Å². The highest BCUT2D eigenvalue weighted by Gasteiger charge is 2.26. The Morgan fingerprint density at radius 2 is 2.28 bits per heavy atom. The Hall–Kier alpha value is -1.01. The highest BCUT2D eigenvalue weighted by Crippen LogP contribution is 2.25. The molecule has 18 heavy (non-hydrogen) atoms. The molecule has 2 rings (SSSR count). The highest BCUT2D eigenvalue weighted by atomic mass is 16.5. The lowest BCUT2D eigenvalue weighted by Gasteiger charge is -2.22. The van der Waals surface area contributed by atoms with E-state index >= 15 is 0 Å². The summed E-state index contributed by atoms with van der Waals surface area (Å²) in [7, 11) is 0. The van der Waals surface area contributed by atoms with Crippen molar-refractivity contribution in [1.82, 2.24) is 25.5 Å². The lowest BCUT2D eigenvalue weighted by molar-refractivity contribution is 0.172. The molecule has 2 atom stereocenters. The summed E-state index contributed by atoms with van der Waals surface area (Å²) in [6, 6.07) is 0.291. The monoisotopic (exact) mass is 253 g/mol. The van der Waals surface area contributed by atoms with E-state index in [0.717, 1.165) is 25.5 Å². The lowest BCUT2D eigenvalue weighted by Crippen LogP contribution is -2.36. The summed E-state index contributed by atoms with van der Waals surface area (Å²) in [5.41, 5.74) is 0.0660. The minimum Gasteiger partial charge on any atom is -0.381 e. The SMILES string of the molecule is CC(C1CCOC1)n1nnnc1CNC(C)(C)C. The number of aromatic nitrogens is 4. The molecule has 1 aliphatic rings. The van der Waals surface area contributed by atoms with Gasteiger partial charge < -0.3 is 10.1 Å². The van der Waals surface area contributed by atoms with Crippen molar-refractivity contribution < 1.29 is 4.74 Å². The maximum Gasteiger partial charge on any atom is 0.165 e. The van der Waals surface area contributed by atoms with Crippen LogP contribution in [0.5, 0.6) is 0 Å². The summed E-state index contributed by atoms with van der Waals surface area (Å²) in [5, 5.41) is 15.4. The molecule has 0 spiro atoms. The maximum atomic E-state index is 5.43. The number of rotatable bonds is 4. The molecular formula is C12H23N5O. The van der Waals surface area contributed by atoms with Gasteiger partial charge in [-0.2, -0.15) is 0 Å². The maximum absolute atomic E-state index is 5.43. The molecule has 0 saturated carbocycles. The first-order valence-corrected chi connectivity index (χ1v) is 6.57. The fraction of sp³-hybridized carbons (Fsp3) is 0.917. The molecule has 1 aromatic heterocycles. The molecule has 2 unspecified atom stereocenters. The Bertz CT molecular complexity index is 378. The minimum atomic E-state index is 0.0660. The van der Waals surface area contributed by atoms with Crippen LogP contribution in [0, 0.1) is 5.92 Å². The van der Waals surface area contributed by atoms with E-state index < -0.39 is 0 Å². The summed E-state index contributed by atoms with van der Waals surface area (Å²) in [6.07, 6.45) is 1.09. The average Bonchev–Trinajstić information content (AvgIpc) is 2.95. The number of tetrazole rings is 1. The van der Waals surface area contributed by atoms with E-state index in [4.69, 9.17) is 4.74 Å². The first-order valence-electron chi connectivity index (χ1n) is 6.57. The fourth-order valence-electron chi connectivity index (χ4n) is 2.12. The molecule has 102 valence electrons. The zero-order valence-corrected chi connectivity index (χ0v) is 11.7. The fourth-order valence-corrected chi connectivity index (χ4v) is 2.12. The van der Waals surface area contributed by atoms with E-state index in [1.807, 2.05) is 4.68 Å². The van der Waals surface area contributed by atoms with Crippen molar-refractivity contribution in [1.29, 1.82) is 0 Å². The Morgan fingerprint density at radius 3 is 2.89 bits per heavy atom. The molecule has 1 saturated heterocycles. The van der Waals surface area contributed by atoms with Crippen molar-refractivity contribution in [2.24, 2.45) is 5.92 Å². The molecule has 6 heteroatoms. The quantitative estimate of drug-likeness (QED) is 0.872. The van der Waals surface area contributed by atoms with Crippen molar-refractivity contribution in [3.05, 3.63) is 5.82 Å². The van der Waals surface area contributed by atoms with Crippen LogP contribution in [0.1, 0.15) is 46.0 Å². The second-order valence-corrected chi connectivity index (χ2v) is 6.01. The Kier molecular flexibility index (Phi) is 3.97. The van der Waals surface area contributed by atoms with Gasteiger partial charge in [0, 0.05) is 18.1 Å². The van der Waals surface area contributed by atoms with E-state index in [0.29, 0.717) is 18.5 Å². The van der Waals surface area contributed by atoms with Crippen LogP contribution in [0.25, 0.3) is 0 Å². The molecule has 1 aliphatic heterocycles. The first kappa shape index (κ1) is 13.4. The topological polar surface area (TPSA) is 64.9 Å². The van der Waals surface area contributed by atoms with Gasteiger partial charge in [-0.05, 0) is 44.5 Å². The minimum absolute atomic E-state index is 0.0660. The second kappa shape index (κ2) is 5.32. The van der Waals surface area contributed by atoms with Crippen molar-refractivity contribution in [3.8, 4) is 0 Å². The van der Waals surface area contributed by atoms with Crippen molar-refractivity contribution in [2.45, 2.75) is 52.2 Å². The van der Waals surface area contributed by atoms with Crippen molar-refractivity contribution in [2.75, 3.05) is 13.2 Å². The van der Waals surface area contributed by atoms with Crippen LogP contribution in [-0.2, 0) is 11.3 Å². The predicted octanol–water partition coefficient (Wildman–Crippen LogP) is 1.16. The van der Waals surface area contributed by atoms with Crippen LogP contribution in [-0.4, -0.2) is 39.0 Å². The Labute approximate surface area is 108 Å². The van der Waals surface area contributed by atoms with Gasteiger partial charge in [-0.15, -0.1) is 5.10 Å². The largest absolute Gasteiger partial charge is 0.381 e. The number of hydrogen-bond acceptors (Lipinski definition) is 5. The third kappa shape index (κ3) is 3.26. The summed E-state index contributed by atoms with van der Waals surface area (Å²) >= 11 is 0. The average molecular weight is 253 g/mol. The Morgan fingerprint density at radius 1 is 1.50 bits per heavy atom. The number of hydrogen-bond donors (Lipinski definition) is 1. The number of ether oxygens (including phenoxy) is 1. The van der Waals surface area contributed by atoms with Gasteiger partial charge in [-0.1, -0.05) is 0 Å². The van der Waals surface area contributed by atoms with Crippen LogP contribution >= 0.6 is 0 Å². The highest BCUT2D eigenvalue weighted by molar-refractivity contribution is 4.88. The van der Waals surface area contributed by atoms with Gasteiger partial charge in [0.2, 0.25) is 0 Å². The molecule has 1 fully saturated rings. The molecule has 0 bridgehead atoms. The van der Waals surface area contributed by atoms with Crippen molar-refractivity contribution in [3.63, 3.8) is 0 Å². The van der Waals surface area contributed by atoms with Gasteiger partial charge in [0.05, 0.1) is 19.2 Å². The standard InChI is InChI=1S/C12H23N5O/c1-9(10-5-6-18-8-10)17-11(14-15-16-17)7-13-12(2,3)4/h9-10,13H,5-8H2,1-4H3. The zero-order valence-electron chi connectivity index (χ0n) is 11.7. The normalized spacial score (nSPS) is 22.3. The smallest absolute Gasteiger partial charge is 0.165 e. The summed E-state index contributed by atoms with van der Waals surface area (Å²) in [5.74, 6) is 1.41. The summed E-state index contributed by atoms with van der Waals surface area (Å²) < 4.78 is 7.36. The Balaban J connectivity index is 2.02. The molecular weight excluding hydrogens is 230 g/mol. The first-order chi connectivity index (χ1) is 8.47. The molecule has 6 nitrogen and oxygen atoms in total. The van der Waals surface area contributed by atoms with Gasteiger partial charge >= 0.3 is 0 Å². The van der Waals surface area contributed by atoms with E-state index in [9.17, 15) is 0 Å². The van der Waals surface area contributed by atoms with E-state index in [1.165, 1.54) is 0 Å². The van der Waals surface area contributed by atoms with Gasteiger partial charge in [0.25, 0.3) is 0 Å². The van der Waals surface area contributed by atoms with Gasteiger partial charge in [-0.25, -0.2) is 4.68 Å². The third-order valence-electron chi connectivity index (χ3n) is 3.37. The van der Waals surface area contributed by atoms with Gasteiger partial charge in [-0.3, -0.25) is 0 Å². The molecule has 0 aliphatic carbocycles. The van der Waals surface area contributed by atoms with Crippen LogP contribution in [0.4, 0.5) is 0 Å². The molecule has 0 aromatic carbocycles. The number of nitrogens with one attached hydrogen (secondary N) is 1. The molecule has 1 aromatic rings. The second-order valence-electron chi connectivity index (χ2n) is 6.01. The summed E-state index contributed by atoms with van der Waals surface area (Å²) in [6.45, 7) is 10.9. The van der Waals surface area contributed by atoms with Gasteiger partial charge in [0.15, 0.2) is 5.82 Å². The van der Waals surface area contributed by atoms with Crippen molar-refractivity contribution >= 4 is 0 Å². The summed E-state index contributed by atoms with van der Waals surface area (Å²) in [4.78, 5) is 0. The van der Waals surface area contributed by atoms with Crippen LogP contribution in [0.15, 0.2) is 0 Å². The third-order valence-corrected chi connectivity index (χ3v) is 3.37. The van der Waals surface area contributed by atoms with E-state index in [-0.39, 0.29) is 5.54 Å².